The van der Waals surface area contributed by atoms with Crippen molar-refractivity contribution in [2.45, 2.75) is 24.3 Å². The van der Waals surface area contributed by atoms with Crippen molar-refractivity contribution in [2.24, 2.45) is 5.73 Å². The minimum absolute atomic E-state index is 0.0775. The van der Waals surface area contributed by atoms with Gasteiger partial charge in [0, 0.05) is 24.9 Å². The van der Waals surface area contributed by atoms with Crippen molar-refractivity contribution in [2.75, 3.05) is 24.6 Å². The molecule has 0 amide bonds. The summed E-state index contributed by atoms with van der Waals surface area (Å²) in [5.74, 6) is 1.91. The van der Waals surface area contributed by atoms with E-state index in [1.807, 2.05) is 18.7 Å². The van der Waals surface area contributed by atoms with Gasteiger partial charge < -0.3 is 5.73 Å². The zero-order chi connectivity index (χ0) is 13.9. The number of sulfonamides is 1. The van der Waals surface area contributed by atoms with Crippen molar-refractivity contribution < 1.29 is 8.42 Å². The van der Waals surface area contributed by atoms with Crippen LogP contribution in [0, 0.1) is 0 Å². The van der Waals surface area contributed by atoms with Crippen LogP contribution < -0.4 is 5.73 Å². The maximum atomic E-state index is 12.5. The number of nitrogens with zero attached hydrogens (tertiary/aromatic N) is 1. The van der Waals surface area contributed by atoms with E-state index >= 15 is 0 Å². The van der Waals surface area contributed by atoms with E-state index in [2.05, 4.69) is 0 Å². The van der Waals surface area contributed by atoms with Gasteiger partial charge in [-0.05, 0) is 36.8 Å². The Morgan fingerprint density at radius 3 is 2.53 bits per heavy atom. The van der Waals surface area contributed by atoms with Gasteiger partial charge in [-0.3, -0.25) is 0 Å². The second-order valence-corrected chi connectivity index (χ2v) is 7.89. The number of rotatable bonds is 3. The average molecular weight is 300 g/mol. The third kappa shape index (κ3) is 3.51. The fraction of sp³-hybridized carbons (Fsp3) is 0.538. The van der Waals surface area contributed by atoms with Gasteiger partial charge in [-0.2, -0.15) is 16.1 Å². The van der Waals surface area contributed by atoms with Gasteiger partial charge in [0.15, 0.2) is 0 Å². The lowest BCUT2D eigenvalue weighted by Gasteiger charge is -2.20. The van der Waals surface area contributed by atoms with Crippen molar-refractivity contribution in [3.05, 3.63) is 29.8 Å². The van der Waals surface area contributed by atoms with E-state index in [1.165, 1.54) is 0 Å². The molecule has 19 heavy (non-hydrogen) atoms. The van der Waals surface area contributed by atoms with Crippen molar-refractivity contribution >= 4 is 21.8 Å². The van der Waals surface area contributed by atoms with Crippen molar-refractivity contribution in [1.82, 2.24) is 4.31 Å². The summed E-state index contributed by atoms with van der Waals surface area (Å²) in [5.41, 5.74) is 6.72. The highest BCUT2D eigenvalue weighted by Crippen LogP contribution is 2.21. The molecule has 0 spiro atoms. The molecule has 1 aromatic carbocycles. The van der Waals surface area contributed by atoms with Crippen LogP contribution in [0.15, 0.2) is 29.2 Å². The molecule has 1 aliphatic rings. The highest BCUT2D eigenvalue weighted by molar-refractivity contribution is 7.99. The minimum atomic E-state index is -3.35. The Bertz CT molecular complexity index is 504. The van der Waals surface area contributed by atoms with Crippen LogP contribution in [-0.2, 0) is 10.0 Å². The molecule has 2 rings (SSSR count). The highest BCUT2D eigenvalue weighted by Gasteiger charge is 2.25. The van der Waals surface area contributed by atoms with Crippen LogP contribution in [0.2, 0.25) is 0 Å². The second-order valence-electron chi connectivity index (χ2n) is 4.73. The van der Waals surface area contributed by atoms with Gasteiger partial charge in [0.05, 0.1) is 4.90 Å². The molecule has 1 atom stereocenters. The van der Waals surface area contributed by atoms with Gasteiger partial charge in [0.2, 0.25) is 10.0 Å². The van der Waals surface area contributed by atoms with Crippen LogP contribution in [0.3, 0.4) is 0 Å². The Hall–Kier alpha value is -0.560. The fourth-order valence-corrected chi connectivity index (χ4v) is 4.54. The molecule has 6 heteroatoms. The topological polar surface area (TPSA) is 63.4 Å². The number of benzene rings is 1. The first-order chi connectivity index (χ1) is 9.01. The van der Waals surface area contributed by atoms with E-state index in [4.69, 9.17) is 5.73 Å². The van der Waals surface area contributed by atoms with Gasteiger partial charge in [-0.15, -0.1) is 0 Å². The van der Waals surface area contributed by atoms with Crippen LogP contribution in [0.1, 0.15) is 24.9 Å². The molecule has 1 unspecified atom stereocenters. The summed E-state index contributed by atoms with van der Waals surface area (Å²) < 4.78 is 26.6. The molecule has 0 radical (unpaired) electrons. The Morgan fingerprint density at radius 1 is 1.21 bits per heavy atom. The zero-order valence-corrected chi connectivity index (χ0v) is 12.7. The van der Waals surface area contributed by atoms with E-state index in [-0.39, 0.29) is 6.04 Å². The predicted molar refractivity (Wildman–Crippen MR) is 79.7 cm³/mol. The molecule has 1 saturated heterocycles. The van der Waals surface area contributed by atoms with Gasteiger partial charge >= 0.3 is 0 Å². The van der Waals surface area contributed by atoms with Crippen molar-refractivity contribution in [3.8, 4) is 0 Å². The first-order valence-corrected chi connectivity index (χ1v) is 9.05. The summed E-state index contributed by atoms with van der Waals surface area (Å²) in [6, 6.07) is 6.83. The summed E-state index contributed by atoms with van der Waals surface area (Å²) >= 11 is 1.81. The van der Waals surface area contributed by atoms with Crippen LogP contribution in [0.4, 0.5) is 0 Å². The first kappa shape index (κ1) is 14.8. The Balaban J connectivity index is 2.23. The van der Waals surface area contributed by atoms with Crippen LogP contribution in [0.25, 0.3) is 0 Å². The molecule has 1 aliphatic heterocycles. The lowest BCUT2D eigenvalue weighted by atomic mass is 10.1. The molecular formula is C13H20N2O2S2. The third-order valence-electron chi connectivity index (χ3n) is 3.22. The second kappa shape index (κ2) is 6.26. The van der Waals surface area contributed by atoms with Gasteiger partial charge in [-0.25, -0.2) is 8.42 Å². The van der Waals surface area contributed by atoms with E-state index in [0.717, 1.165) is 23.5 Å². The third-order valence-corrected chi connectivity index (χ3v) is 6.19. The summed E-state index contributed by atoms with van der Waals surface area (Å²) in [5, 5.41) is 0. The number of hydrogen-bond acceptors (Lipinski definition) is 4. The van der Waals surface area contributed by atoms with Gasteiger partial charge in [0.1, 0.15) is 0 Å². The quantitative estimate of drug-likeness (QED) is 0.925. The molecule has 1 aromatic rings. The molecule has 1 heterocycles. The Morgan fingerprint density at radius 2 is 1.89 bits per heavy atom. The number of nitrogens with two attached hydrogens (primary N) is 1. The summed E-state index contributed by atoms with van der Waals surface area (Å²) in [4.78, 5) is 0.365. The molecule has 106 valence electrons. The van der Waals surface area contributed by atoms with Crippen LogP contribution in [0.5, 0.6) is 0 Å². The summed E-state index contributed by atoms with van der Waals surface area (Å²) in [6.07, 6.45) is 0.918. The van der Waals surface area contributed by atoms with Crippen LogP contribution in [-0.4, -0.2) is 37.3 Å². The van der Waals surface area contributed by atoms with E-state index in [9.17, 15) is 8.42 Å². The largest absolute Gasteiger partial charge is 0.324 e. The zero-order valence-electron chi connectivity index (χ0n) is 11.1. The van der Waals surface area contributed by atoms with E-state index in [0.29, 0.717) is 18.0 Å². The lowest BCUT2D eigenvalue weighted by Crippen LogP contribution is -2.33. The smallest absolute Gasteiger partial charge is 0.243 e. The predicted octanol–water partition coefficient (Wildman–Crippen LogP) is 1.83. The number of hydrogen-bond donors (Lipinski definition) is 1. The molecule has 0 bridgehead atoms. The maximum Gasteiger partial charge on any atom is 0.243 e. The lowest BCUT2D eigenvalue weighted by molar-refractivity contribution is 0.435. The van der Waals surface area contributed by atoms with Crippen molar-refractivity contribution in [1.29, 1.82) is 0 Å². The minimum Gasteiger partial charge on any atom is -0.324 e. The fourth-order valence-electron chi connectivity index (χ4n) is 2.06. The molecule has 2 N–H and O–H groups in total. The van der Waals surface area contributed by atoms with Crippen LogP contribution >= 0.6 is 11.8 Å². The molecule has 1 fully saturated rings. The molecular weight excluding hydrogens is 280 g/mol. The molecule has 0 saturated carbocycles. The maximum absolute atomic E-state index is 12.5. The monoisotopic (exact) mass is 300 g/mol. The highest BCUT2D eigenvalue weighted by atomic mass is 32.2. The molecule has 0 aromatic heterocycles. The molecule has 4 nitrogen and oxygen atoms in total. The molecule has 0 aliphatic carbocycles. The Kier molecular flexibility index (Phi) is 4.89. The van der Waals surface area contributed by atoms with Gasteiger partial charge in [0.25, 0.3) is 0 Å². The van der Waals surface area contributed by atoms with Crippen molar-refractivity contribution in [3.63, 3.8) is 0 Å². The van der Waals surface area contributed by atoms with Gasteiger partial charge in [-0.1, -0.05) is 12.1 Å². The SMILES string of the molecule is CC(N)c1ccc(S(=O)(=O)N2CCCSCC2)cc1. The van der Waals surface area contributed by atoms with E-state index < -0.39 is 10.0 Å². The summed E-state index contributed by atoms with van der Waals surface area (Å²) in [7, 11) is -3.35. The normalized spacial score (nSPS) is 19.9. The first-order valence-electron chi connectivity index (χ1n) is 6.45. The van der Waals surface area contributed by atoms with E-state index in [1.54, 1.807) is 28.6 Å². The average Bonchev–Trinajstić information content (AvgIpc) is 2.68. The summed E-state index contributed by atoms with van der Waals surface area (Å²) in [6.45, 7) is 3.10. The Labute approximate surface area is 119 Å². The standard InChI is InChI=1S/C13H20N2O2S2/c1-11(14)12-3-5-13(6-4-12)19(16,17)15-7-2-9-18-10-8-15/h3-6,11H,2,7-10,14H2,1H3. The number of thioether (sulfide) groups is 1.